The smallest absolute Gasteiger partial charge is 0.181 e. The van der Waals surface area contributed by atoms with E-state index >= 15 is 0 Å². The summed E-state index contributed by atoms with van der Waals surface area (Å²) >= 11 is 0. The van der Waals surface area contributed by atoms with E-state index in [1.165, 1.54) is 12.8 Å². The molecule has 0 aliphatic heterocycles. The average Bonchev–Trinajstić information content (AvgIpc) is 2.98. The molecule has 2 aromatic carbocycles. The van der Waals surface area contributed by atoms with Crippen molar-refractivity contribution in [2.45, 2.75) is 0 Å². The third kappa shape index (κ3) is 1.27. The number of fused-ring (bicyclic) bond motifs is 6. The molecule has 2 heterocycles. The third-order valence-electron chi connectivity index (χ3n) is 2.69. The second kappa shape index (κ2) is 3.65. The maximum Gasteiger partial charge on any atom is 0.181 e. The Kier molecular flexibility index (Phi) is 2.24. The minimum absolute atomic E-state index is 0. The van der Waals surface area contributed by atoms with E-state index in [0.717, 1.165) is 21.8 Å². The molecule has 0 unspecified atom stereocenters. The van der Waals surface area contributed by atoms with Crippen LogP contribution in [-0.4, -0.2) is 9.97 Å². The van der Waals surface area contributed by atoms with Gasteiger partial charge in [-0.15, -0.1) is 29.7 Å². The van der Waals surface area contributed by atoms with Gasteiger partial charge in [0.05, 0.1) is 5.52 Å². The van der Waals surface area contributed by atoms with Crippen molar-refractivity contribution in [2.24, 2.45) is 0 Å². The van der Waals surface area contributed by atoms with Crippen LogP contribution in [0.4, 0.5) is 0 Å². The summed E-state index contributed by atoms with van der Waals surface area (Å²) in [5.41, 5.74) is 2.82. The van der Waals surface area contributed by atoms with Gasteiger partial charge in [-0.1, -0.05) is 5.39 Å². The maximum atomic E-state index is 5.34. The molecule has 85 valence electrons. The molecule has 2 aromatic heterocycles. The molecule has 4 nitrogen and oxygen atoms in total. The van der Waals surface area contributed by atoms with E-state index in [-0.39, 0.29) is 20.1 Å². The predicted molar refractivity (Wildman–Crippen MR) is 57.9 cm³/mol. The van der Waals surface area contributed by atoms with Crippen molar-refractivity contribution in [2.75, 3.05) is 0 Å². The van der Waals surface area contributed by atoms with E-state index in [9.17, 15) is 0 Å². The fourth-order valence-electron chi connectivity index (χ4n) is 2.01. The normalized spacial score (nSPS) is 11.1. The first-order valence-corrected chi connectivity index (χ1v) is 4.84. The summed E-state index contributed by atoms with van der Waals surface area (Å²) in [6, 6.07) is 8.90. The first-order valence-electron chi connectivity index (χ1n) is 4.84. The Hall–Kier alpha value is -1.71. The summed E-state index contributed by atoms with van der Waals surface area (Å²) in [5, 5.41) is 1.89. The van der Waals surface area contributed by atoms with Gasteiger partial charge in [0.2, 0.25) is 0 Å². The SMILES string of the molecule is [Ir].[c-]1cccc2c1c1ncoc1c1ocnc21. The van der Waals surface area contributed by atoms with Gasteiger partial charge < -0.3 is 8.83 Å². The molecule has 0 N–H and O–H groups in total. The zero-order valence-corrected chi connectivity index (χ0v) is 10.8. The van der Waals surface area contributed by atoms with E-state index in [1.54, 1.807) is 0 Å². The first-order chi connectivity index (χ1) is 7.95. The van der Waals surface area contributed by atoms with Crippen LogP contribution in [0.2, 0.25) is 0 Å². The Morgan fingerprint density at radius 2 is 1.71 bits per heavy atom. The fourth-order valence-corrected chi connectivity index (χ4v) is 2.01. The zero-order valence-electron chi connectivity index (χ0n) is 8.43. The van der Waals surface area contributed by atoms with Crippen LogP contribution in [0.5, 0.6) is 0 Å². The molecule has 0 saturated heterocycles. The molecule has 17 heavy (non-hydrogen) atoms. The topological polar surface area (TPSA) is 52.1 Å². The molecule has 0 bridgehead atoms. The van der Waals surface area contributed by atoms with Crippen molar-refractivity contribution in [3.05, 3.63) is 37.1 Å². The van der Waals surface area contributed by atoms with Crippen molar-refractivity contribution in [3.63, 3.8) is 0 Å². The summed E-state index contributed by atoms with van der Waals surface area (Å²) < 4.78 is 10.7. The quantitative estimate of drug-likeness (QED) is 0.425. The van der Waals surface area contributed by atoms with Gasteiger partial charge in [-0.05, 0) is 0 Å². The average molecular weight is 401 g/mol. The van der Waals surface area contributed by atoms with E-state index < -0.39 is 0 Å². The molecule has 0 aliphatic rings. The third-order valence-corrected chi connectivity index (χ3v) is 2.69. The van der Waals surface area contributed by atoms with E-state index in [4.69, 9.17) is 8.83 Å². The molecule has 4 aromatic rings. The van der Waals surface area contributed by atoms with Crippen LogP contribution in [0.15, 0.2) is 39.8 Å². The van der Waals surface area contributed by atoms with Gasteiger partial charge in [-0.2, -0.15) is 0 Å². The summed E-state index contributed by atoms with van der Waals surface area (Å²) in [4.78, 5) is 8.39. The molecule has 0 fully saturated rings. The number of oxazole rings is 2. The largest absolute Gasteiger partial charge is 0.450 e. The minimum atomic E-state index is 0. The summed E-state index contributed by atoms with van der Waals surface area (Å²) in [5.74, 6) is 0. The molecule has 0 aliphatic carbocycles. The molecule has 5 heteroatoms. The number of aromatic nitrogens is 2. The van der Waals surface area contributed by atoms with Gasteiger partial charge in [0.15, 0.2) is 24.0 Å². The van der Waals surface area contributed by atoms with Crippen LogP contribution < -0.4 is 0 Å². The van der Waals surface area contributed by atoms with Crippen LogP contribution in [0.1, 0.15) is 0 Å². The number of hydrogen-bond donors (Lipinski definition) is 0. The summed E-state index contributed by atoms with van der Waals surface area (Å²) in [6.07, 6.45) is 2.83. The molecular formula is C12H5IrN2O2-. The zero-order chi connectivity index (χ0) is 10.5. The van der Waals surface area contributed by atoms with Crippen LogP contribution >= 0.6 is 0 Å². The molecule has 4 rings (SSSR count). The Morgan fingerprint density at radius 1 is 1.00 bits per heavy atom. The Morgan fingerprint density at radius 3 is 2.53 bits per heavy atom. The predicted octanol–water partition coefficient (Wildman–Crippen LogP) is 2.92. The van der Waals surface area contributed by atoms with Crippen LogP contribution in [-0.2, 0) is 20.1 Å². The van der Waals surface area contributed by atoms with Crippen molar-refractivity contribution in [1.29, 1.82) is 0 Å². The first kappa shape index (κ1) is 10.4. The van der Waals surface area contributed by atoms with Crippen LogP contribution in [0.25, 0.3) is 33.0 Å². The number of nitrogens with zero attached hydrogens (tertiary/aromatic N) is 2. The molecule has 0 saturated carbocycles. The van der Waals surface area contributed by atoms with Gasteiger partial charge >= 0.3 is 0 Å². The Balaban J connectivity index is 0.000000902. The number of benzene rings is 2. The van der Waals surface area contributed by atoms with Gasteiger partial charge in [0.1, 0.15) is 0 Å². The van der Waals surface area contributed by atoms with E-state index in [0.29, 0.717) is 11.2 Å². The second-order valence-electron chi connectivity index (χ2n) is 3.52. The van der Waals surface area contributed by atoms with E-state index in [2.05, 4.69) is 16.0 Å². The van der Waals surface area contributed by atoms with Crippen LogP contribution in [0.3, 0.4) is 0 Å². The Bertz CT molecular complexity index is 750. The molecule has 0 spiro atoms. The van der Waals surface area contributed by atoms with E-state index in [1.807, 2.05) is 18.2 Å². The number of hydrogen-bond acceptors (Lipinski definition) is 4. The van der Waals surface area contributed by atoms with Gasteiger partial charge in [-0.3, -0.25) is 4.98 Å². The van der Waals surface area contributed by atoms with Gasteiger partial charge in [0.25, 0.3) is 0 Å². The summed E-state index contributed by atoms with van der Waals surface area (Å²) in [7, 11) is 0. The van der Waals surface area contributed by atoms with Crippen molar-refractivity contribution in [1.82, 2.24) is 9.97 Å². The minimum Gasteiger partial charge on any atom is -0.450 e. The standard InChI is InChI=1S/C12H5N2O2.Ir/c1-2-4-8-7(3-1)9-11(15-5-13-9)12-10(8)14-6-16-12;/h1-3,5-6H;/q-1;. The molecular weight excluding hydrogens is 396 g/mol. The Labute approximate surface area is 109 Å². The van der Waals surface area contributed by atoms with Crippen molar-refractivity contribution in [3.8, 4) is 0 Å². The van der Waals surface area contributed by atoms with Gasteiger partial charge in [0, 0.05) is 25.6 Å². The van der Waals surface area contributed by atoms with Crippen LogP contribution in [0, 0.1) is 6.07 Å². The monoisotopic (exact) mass is 402 g/mol. The van der Waals surface area contributed by atoms with Gasteiger partial charge in [-0.25, -0.2) is 4.98 Å². The number of rotatable bonds is 0. The molecule has 1 radical (unpaired) electrons. The fraction of sp³-hybridized carbons (Fsp3) is 0. The van der Waals surface area contributed by atoms with Crippen molar-refractivity contribution < 1.29 is 28.9 Å². The molecule has 0 amide bonds. The second-order valence-corrected chi connectivity index (χ2v) is 3.52. The molecule has 0 atom stereocenters. The summed E-state index contributed by atoms with van der Waals surface area (Å²) in [6.45, 7) is 0. The maximum absolute atomic E-state index is 5.34. The van der Waals surface area contributed by atoms with Crippen molar-refractivity contribution >= 4 is 33.0 Å².